The minimum absolute atomic E-state index is 0. The van der Waals surface area contributed by atoms with Crippen molar-refractivity contribution in [2.45, 2.75) is 26.4 Å². The number of rotatable bonds is 5. The van der Waals surface area contributed by atoms with Crippen LogP contribution >= 0.6 is 24.0 Å². The molecule has 6 heteroatoms. The van der Waals surface area contributed by atoms with Crippen LogP contribution in [0.4, 0.5) is 0 Å². The van der Waals surface area contributed by atoms with E-state index in [0.717, 1.165) is 50.6 Å². The monoisotopic (exact) mass is 397 g/mol. The van der Waals surface area contributed by atoms with Gasteiger partial charge in [0.1, 0.15) is 0 Å². The molecule has 3 atom stereocenters. The molecule has 118 valence electrons. The van der Waals surface area contributed by atoms with Crippen LogP contribution in [-0.2, 0) is 9.47 Å². The number of hydrogen-bond donors (Lipinski definition) is 1. The van der Waals surface area contributed by atoms with Gasteiger partial charge >= 0.3 is 0 Å². The van der Waals surface area contributed by atoms with Crippen LogP contribution in [0, 0.1) is 11.8 Å². The summed E-state index contributed by atoms with van der Waals surface area (Å²) in [6.07, 6.45) is 1.49. The zero-order valence-corrected chi connectivity index (χ0v) is 15.1. The Morgan fingerprint density at radius 2 is 2.25 bits per heavy atom. The Morgan fingerprint density at radius 3 is 2.85 bits per heavy atom. The normalized spacial score (nSPS) is 29.9. The van der Waals surface area contributed by atoms with Gasteiger partial charge in [0.25, 0.3) is 0 Å². The van der Waals surface area contributed by atoms with Crippen LogP contribution in [0.25, 0.3) is 0 Å². The van der Waals surface area contributed by atoms with Gasteiger partial charge in [0.15, 0.2) is 5.96 Å². The summed E-state index contributed by atoms with van der Waals surface area (Å²) in [5.41, 5.74) is 0. The third-order valence-electron chi connectivity index (χ3n) is 3.88. The lowest BCUT2D eigenvalue weighted by atomic mass is 10.3. The number of aliphatic imine (C=N–C) groups is 1. The molecular weight excluding hydrogens is 369 g/mol. The number of morpholine rings is 1. The quantitative estimate of drug-likeness (QED) is 0.435. The van der Waals surface area contributed by atoms with E-state index in [1.165, 1.54) is 6.42 Å². The number of hydrogen-bond acceptors (Lipinski definition) is 3. The molecule has 1 saturated carbocycles. The van der Waals surface area contributed by atoms with Gasteiger partial charge in [-0.2, -0.15) is 0 Å². The first-order valence-corrected chi connectivity index (χ1v) is 7.38. The molecule has 1 saturated heterocycles. The van der Waals surface area contributed by atoms with Gasteiger partial charge in [-0.05, 0) is 25.2 Å². The first-order chi connectivity index (χ1) is 9.24. The largest absolute Gasteiger partial charge is 0.382 e. The van der Waals surface area contributed by atoms with Gasteiger partial charge in [-0.1, -0.05) is 6.92 Å². The molecule has 0 aromatic rings. The molecule has 0 amide bonds. The minimum atomic E-state index is 0. The SMILES string of the molecule is CCNC(=NCC1CC1C)N1CCOC(COC)C1.I. The van der Waals surface area contributed by atoms with Crippen molar-refractivity contribution in [3.63, 3.8) is 0 Å². The fourth-order valence-corrected chi connectivity index (χ4v) is 2.48. The van der Waals surface area contributed by atoms with Crippen molar-refractivity contribution in [1.82, 2.24) is 10.2 Å². The molecule has 0 radical (unpaired) electrons. The first-order valence-electron chi connectivity index (χ1n) is 7.38. The number of ether oxygens (including phenoxy) is 2. The molecule has 0 aromatic heterocycles. The van der Waals surface area contributed by atoms with Gasteiger partial charge in [-0.25, -0.2) is 0 Å². The van der Waals surface area contributed by atoms with Crippen LogP contribution in [0.1, 0.15) is 20.3 Å². The highest BCUT2D eigenvalue weighted by molar-refractivity contribution is 14.0. The lowest BCUT2D eigenvalue weighted by Gasteiger charge is -2.34. The maximum Gasteiger partial charge on any atom is 0.194 e. The average Bonchev–Trinajstić information content (AvgIpc) is 3.11. The second-order valence-corrected chi connectivity index (χ2v) is 5.56. The van der Waals surface area contributed by atoms with Gasteiger partial charge in [0.2, 0.25) is 0 Å². The van der Waals surface area contributed by atoms with Gasteiger partial charge in [-0.3, -0.25) is 4.99 Å². The lowest BCUT2D eigenvalue weighted by molar-refractivity contribution is -0.0447. The zero-order valence-electron chi connectivity index (χ0n) is 12.8. The number of guanidine groups is 1. The molecule has 0 spiro atoms. The lowest BCUT2D eigenvalue weighted by Crippen LogP contribution is -2.51. The predicted molar refractivity (Wildman–Crippen MR) is 91.9 cm³/mol. The third kappa shape index (κ3) is 5.37. The highest BCUT2D eigenvalue weighted by atomic mass is 127. The molecule has 2 fully saturated rings. The Labute approximate surface area is 139 Å². The molecule has 1 aliphatic carbocycles. The molecule has 5 nitrogen and oxygen atoms in total. The van der Waals surface area contributed by atoms with E-state index in [1.54, 1.807) is 7.11 Å². The summed E-state index contributed by atoms with van der Waals surface area (Å²) in [5.74, 6) is 2.69. The van der Waals surface area contributed by atoms with Crippen LogP contribution in [0.3, 0.4) is 0 Å². The van der Waals surface area contributed by atoms with Crippen molar-refractivity contribution in [2.75, 3.05) is 46.5 Å². The van der Waals surface area contributed by atoms with Gasteiger partial charge in [0.05, 0.1) is 19.3 Å². The molecule has 0 aromatic carbocycles. The van der Waals surface area contributed by atoms with Crippen molar-refractivity contribution in [1.29, 1.82) is 0 Å². The van der Waals surface area contributed by atoms with Crippen LogP contribution in [-0.4, -0.2) is 63.5 Å². The van der Waals surface area contributed by atoms with E-state index in [-0.39, 0.29) is 30.1 Å². The van der Waals surface area contributed by atoms with Crippen molar-refractivity contribution in [2.24, 2.45) is 16.8 Å². The number of methoxy groups -OCH3 is 1. The zero-order chi connectivity index (χ0) is 13.7. The average molecular weight is 397 g/mol. The van der Waals surface area contributed by atoms with E-state index in [4.69, 9.17) is 14.5 Å². The molecule has 1 N–H and O–H groups in total. The Balaban J connectivity index is 0.00000200. The van der Waals surface area contributed by atoms with Gasteiger partial charge < -0.3 is 19.7 Å². The summed E-state index contributed by atoms with van der Waals surface area (Å²) >= 11 is 0. The summed E-state index contributed by atoms with van der Waals surface area (Å²) in [4.78, 5) is 7.07. The Bertz CT molecular complexity index is 313. The molecule has 3 unspecified atom stereocenters. The molecule has 1 aliphatic heterocycles. The summed E-state index contributed by atoms with van der Waals surface area (Å²) in [6, 6.07) is 0. The van der Waals surface area contributed by atoms with E-state index in [1.807, 2.05) is 0 Å². The molecule has 20 heavy (non-hydrogen) atoms. The second-order valence-electron chi connectivity index (χ2n) is 5.56. The van der Waals surface area contributed by atoms with E-state index >= 15 is 0 Å². The fraction of sp³-hybridized carbons (Fsp3) is 0.929. The van der Waals surface area contributed by atoms with E-state index in [0.29, 0.717) is 6.61 Å². The highest BCUT2D eigenvalue weighted by Crippen LogP contribution is 2.37. The van der Waals surface area contributed by atoms with Crippen molar-refractivity contribution in [3.05, 3.63) is 0 Å². The summed E-state index contributed by atoms with van der Waals surface area (Å²) in [6.45, 7) is 9.44. The van der Waals surface area contributed by atoms with E-state index < -0.39 is 0 Å². The minimum Gasteiger partial charge on any atom is -0.382 e. The fourth-order valence-electron chi connectivity index (χ4n) is 2.48. The summed E-state index contributed by atoms with van der Waals surface area (Å²) < 4.78 is 10.9. The molecule has 2 aliphatic rings. The number of halogens is 1. The Kier molecular flexibility index (Phi) is 8.13. The van der Waals surface area contributed by atoms with Crippen LogP contribution in [0.15, 0.2) is 4.99 Å². The van der Waals surface area contributed by atoms with Gasteiger partial charge in [0, 0.05) is 33.3 Å². The maximum absolute atomic E-state index is 5.68. The molecular formula is C14H28IN3O2. The van der Waals surface area contributed by atoms with Crippen molar-refractivity contribution in [3.8, 4) is 0 Å². The molecule has 1 heterocycles. The van der Waals surface area contributed by atoms with E-state index in [9.17, 15) is 0 Å². The third-order valence-corrected chi connectivity index (χ3v) is 3.88. The topological polar surface area (TPSA) is 46.1 Å². The summed E-state index contributed by atoms with van der Waals surface area (Å²) in [5, 5.41) is 3.39. The van der Waals surface area contributed by atoms with Crippen molar-refractivity contribution < 1.29 is 9.47 Å². The molecule has 2 rings (SSSR count). The smallest absolute Gasteiger partial charge is 0.194 e. The van der Waals surface area contributed by atoms with Crippen LogP contribution < -0.4 is 5.32 Å². The van der Waals surface area contributed by atoms with Crippen molar-refractivity contribution >= 4 is 29.9 Å². The first kappa shape index (κ1) is 18.0. The second kappa shape index (κ2) is 9.04. The number of nitrogens with zero attached hydrogens (tertiary/aromatic N) is 2. The summed E-state index contributed by atoms with van der Waals surface area (Å²) in [7, 11) is 1.72. The van der Waals surface area contributed by atoms with Crippen LogP contribution in [0.2, 0.25) is 0 Å². The predicted octanol–water partition coefficient (Wildman–Crippen LogP) is 1.57. The van der Waals surface area contributed by atoms with Gasteiger partial charge in [-0.15, -0.1) is 24.0 Å². The maximum atomic E-state index is 5.68. The molecule has 0 bridgehead atoms. The Hall–Kier alpha value is -0.0800. The number of nitrogens with one attached hydrogen (secondary N) is 1. The van der Waals surface area contributed by atoms with Crippen LogP contribution in [0.5, 0.6) is 0 Å². The Morgan fingerprint density at radius 1 is 1.50 bits per heavy atom. The van der Waals surface area contributed by atoms with E-state index in [2.05, 4.69) is 24.1 Å². The standard InChI is InChI=1S/C14H27N3O2.HI/c1-4-15-14(16-8-12-7-11(12)2)17-5-6-19-13(9-17)10-18-3;/h11-13H,4-10H2,1-3H3,(H,15,16);1H. The highest BCUT2D eigenvalue weighted by Gasteiger charge is 2.32.